The molecule has 0 aromatic carbocycles. The number of rotatable bonds is 5. The summed E-state index contributed by atoms with van der Waals surface area (Å²) in [6.45, 7) is 2.39. The predicted molar refractivity (Wildman–Crippen MR) is 57.4 cm³/mol. The van der Waals surface area contributed by atoms with Crippen LogP contribution in [0.4, 0.5) is 13.2 Å². The topological polar surface area (TPSA) is 29.9 Å². The Balaban J connectivity index is 2.17. The molecule has 1 aromatic rings. The van der Waals surface area contributed by atoms with Gasteiger partial charge in [-0.1, -0.05) is 6.92 Å². The Bertz CT molecular complexity index is 380. The fourth-order valence-electron chi connectivity index (χ4n) is 1.80. The van der Waals surface area contributed by atoms with E-state index < -0.39 is 11.9 Å². The van der Waals surface area contributed by atoms with Gasteiger partial charge < -0.3 is 5.32 Å². The molecule has 1 saturated carbocycles. The van der Waals surface area contributed by atoms with Crippen molar-refractivity contribution in [3.63, 3.8) is 0 Å². The average Bonchev–Trinajstić information content (AvgIpc) is 2.96. The van der Waals surface area contributed by atoms with Crippen LogP contribution >= 0.6 is 0 Å². The van der Waals surface area contributed by atoms with E-state index in [-0.39, 0.29) is 12.1 Å². The molecule has 0 spiro atoms. The Morgan fingerprint density at radius 1 is 1.47 bits per heavy atom. The van der Waals surface area contributed by atoms with Crippen LogP contribution in [0.25, 0.3) is 0 Å². The molecule has 3 nitrogen and oxygen atoms in total. The molecule has 0 amide bonds. The van der Waals surface area contributed by atoms with Crippen LogP contribution in [0.15, 0.2) is 6.20 Å². The van der Waals surface area contributed by atoms with Gasteiger partial charge in [0.05, 0.1) is 6.20 Å². The summed E-state index contributed by atoms with van der Waals surface area (Å²) in [7, 11) is 0. The maximum absolute atomic E-state index is 12.9. The number of hydrogen-bond donors (Lipinski definition) is 1. The highest BCUT2D eigenvalue weighted by Gasteiger charge is 2.38. The van der Waals surface area contributed by atoms with Gasteiger partial charge >= 0.3 is 6.18 Å². The maximum Gasteiger partial charge on any atom is 0.433 e. The molecule has 1 aliphatic carbocycles. The molecule has 96 valence electrons. The summed E-state index contributed by atoms with van der Waals surface area (Å²) < 4.78 is 39.8. The number of hydrogen-bond acceptors (Lipinski definition) is 2. The van der Waals surface area contributed by atoms with Crippen LogP contribution < -0.4 is 5.32 Å². The lowest BCUT2D eigenvalue weighted by Crippen LogP contribution is -2.21. The summed E-state index contributed by atoms with van der Waals surface area (Å²) in [5, 5.41) is 6.91. The van der Waals surface area contributed by atoms with Gasteiger partial charge in [0.15, 0.2) is 0 Å². The second kappa shape index (κ2) is 4.68. The smallest absolute Gasteiger partial charge is 0.310 e. The van der Waals surface area contributed by atoms with E-state index in [2.05, 4.69) is 10.4 Å². The van der Waals surface area contributed by atoms with E-state index in [1.54, 1.807) is 0 Å². The first-order chi connectivity index (χ1) is 8.02. The van der Waals surface area contributed by atoms with Crippen molar-refractivity contribution < 1.29 is 13.2 Å². The van der Waals surface area contributed by atoms with Gasteiger partial charge in [-0.25, -0.2) is 0 Å². The van der Waals surface area contributed by atoms with Gasteiger partial charge in [-0.15, -0.1) is 0 Å². The molecule has 1 fully saturated rings. The number of aromatic nitrogens is 2. The molecule has 0 atom stereocenters. The zero-order valence-electron chi connectivity index (χ0n) is 9.72. The molecule has 1 N–H and O–H groups in total. The lowest BCUT2D eigenvalue weighted by molar-refractivity contribution is -0.144. The number of aryl methyl sites for hydroxylation is 1. The molecular weight excluding hydrogens is 231 g/mol. The Labute approximate surface area is 98.0 Å². The van der Waals surface area contributed by atoms with Crippen molar-refractivity contribution in [3.8, 4) is 0 Å². The van der Waals surface area contributed by atoms with Crippen LogP contribution in [0.1, 0.15) is 37.4 Å². The highest BCUT2D eigenvalue weighted by molar-refractivity contribution is 5.21. The second-order valence-corrected chi connectivity index (χ2v) is 4.39. The van der Waals surface area contributed by atoms with Crippen molar-refractivity contribution in [2.75, 3.05) is 0 Å². The summed E-state index contributed by atoms with van der Waals surface area (Å²) in [5.74, 6) is 0. The molecule has 0 radical (unpaired) electrons. The van der Waals surface area contributed by atoms with Crippen LogP contribution in [0.5, 0.6) is 0 Å². The van der Waals surface area contributed by atoms with Crippen molar-refractivity contribution >= 4 is 0 Å². The molecule has 6 heteroatoms. The molecule has 1 aliphatic rings. The lowest BCUT2D eigenvalue weighted by atomic mass is 10.2. The van der Waals surface area contributed by atoms with E-state index in [0.717, 1.165) is 17.5 Å². The zero-order valence-corrected chi connectivity index (χ0v) is 9.72. The minimum Gasteiger partial charge on any atom is -0.310 e. The van der Waals surface area contributed by atoms with Crippen molar-refractivity contribution in [1.82, 2.24) is 15.1 Å². The summed E-state index contributed by atoms with van der Waals surface area (Å²) >= 11 is 0. The van der Waals surface area contributed by atoms with E-state index in [0.29, 0.717) is 19.0 Å². The third-order valence-electron chi connectivity index (χ3n) is 2.78. The Kier molecular flexibility index (Phi) is 3.42. The zero-order chi connectivity index (χ0) is 12.5. The minimum atomic E-state index is -4.33. The molecule has 1 aromatic heterocycles. The Morgan fingerprint density at radius 3 is 2.71 bits per heavy atom. The van der Waals surface area contributed by atoms with Crippen LogP contribution in [0.2, 0.25) is 0 Å². The molecule has 0 bridgehead atoms. The maximum atomic E-state index is 12.9. The predicted octanol–water partition coefficient (Wildman–Crippen LogP) is 2.56. The first-order valence-electron chi connectivity index (χ1n) is 5.87. The van der Waals surface area contributed by atoms with Crippen molar-refractivity contribution in [2.45, 2.75) is 51.5 Å². The van der Waals surface area contributed by atoms with E-state index >= 15 is 0 Å². The largest absolute Gasteiger partial charge is 0.433 e. The highest BCUT2D eigenvalue weighted by Crippen LogP contribution is 2.32. The Hall–Kier alpha value is -1.04. The monoisotopic (exact) mass is 247 g/mol. The van der Waals surface area contributed by atoms with Gasteiger partial charge in [0.1, 0.15) is 5.69 Å². The van der Waals surface area contributed by atoms with E-state index in [1.807, 2.05) is 6.92 Å². The number of alkyl halides is 3. The lowest BCUT2D eigenvalue weighted by Gasteiger charge is -2.12. The van der Waals surface area contributed by atoms with Crippen molar-refractivity contribution in [3.05, 3.63) is 17.5 Å². The molecular formula is C11H16F3N3. The summed E-state index contributed by atoms with van der Waals surface area (Å²) in [6, 6.07) is 0.394. The molecule has 0 unspecified atom stereocenters. The van der Waals surface area contributed by atoms with E-state index in [9.17, 15) is 13.2 Å². The molecule has 17 heavy (non-hydrogen) atoms. The minimum absolute atomic E-state index is 0.248. The first-order valence-corrected chi connectivity index (χ1v) is 5.87. The summed E-state index contributed by atoms with van der Waals surface area (Å²) in [5.41, 5.74) is -0.356. The molecule has 2 rings (SSSR count). The van der Waals surface area contributed by atoms with Crippen LogP contribution in [0, 0.1) is 0 Å². The van der Waals surface area contributed by atoms with Gasteiger partial charge in [-0.2, -0.15) is 18.3 Å². The number of halogens is 3. The molecule has 1 heterocycles. The number of nitrogens with zero attached hydrogens (tertiary/aromatic N) is 2. The quantitative estimate of drug-likeness (QED) is 0.866. The van der Waals surface area contributed by atoms with E-state index in [4.69, 9.17) is 0 Å². The third kappa shape index (κ3) is 3.00. The van der Waals surface area contributed by atoms with Gasteiger partial charge in [-0.3, -0.25) is 4.68 Å². The summed E-state index contributed by atoms with van der Waals surface area (Å²) in [4.78, 5) is 0. The van der Waals surface area contributed by atoms with Crippen LogP contribution in [-0.4, -0.2) is 15.8 Å². The van der Waals surface area contributed by atoms with Crippen molar-refractivity contribution in [2.24, 2.45) is 0 Å². The highest BCUT2D eigenvalue weighted by atomic mass is 19.4. The second-order valence-electron chi connectivity index (χ2n) is 4.39. The van der Waals surface area contributed by atoms with Gasteiger partial charge in [0.2, 0.25) is 0 Å². The van der Waals surface area contributed by atoms with E-state index in [1.165, 1.54) is 6.20 Å². The first kappa shape index (κ1) is 12.4. The van der Waals surface area contributed by atoms with Gasteiger partial charge in [0, 0.05) is 24.7 Å². The fourth-order valence-corrected chi connectivity index (χ4v) is 1.80. The average molecular weight is 247 g/mol. The molecule has 0 saturated heterocycles. The SMILES string of the molecule is CCCn1ncc(CNC2CC2)c1C(F)(F)F. The third-order valence-corrected chi connectivity index (χ3v) is 2.78. The van der Waals surface area contributed by atoms with Crippen LogP contribution in [-0.2, 0) is 19.3 Å². The molecule has 0 aliphatic heterocycles. The Morgan fingerprint density at radius 2 is 2.18 bits per heavy atom. The van der Waals surface area contributed by atoms with Crippen molar-refractivity contribution in [1.29, 1.82) is 0 Å². The fraction of sp³-hybridized carbons (Fsp3) is 0.727. The van der Waals surface area contributed by atoms with Gasteiger partial charge in [0.25, 0.3) is 0 Å². The normalized spacial score (nSPS) is 16.5. The van der Waals surface area contributed by atoms with Gasteiger partial charge in [-0.05, 0) is 19.3 Å². The summed E-state index contributed by atoms with van der Waals surface area (Å²) in [6.07, 6.45) is -0.241. The van der Waals surface area contributed by atoms with Crippen LogP contribution in [0.3, 0.4) is 0 Å². The standard InChI is InChI=1S/C11H16F3N3/c1-2-5-17-10(11(12,13)14)8(7-16-17)6-15-9-3-4-9/h7,9,15H,2-6H2,1H3. The number of nitrogens with one attached hydrogen (secondary N) is 1.